The number of likely N-dealkylation sites (tertiary alicyclic amines) is 1. The molecule has 0 atom stereocenters. The van der Waals surface area contributed by atoms with E-state index in [4.69, 9.17) is 4.74 Å². The Labute approximate surface area is 139 Å². The first-order valence-electron chi connectivity index (χ1n) is 7.87. The quantitative estimate of drug-likeness (QED) is 0.787. The molecule has 1 saturated heterocycles. The summed E-state index contributed by atoms with van der Waals surface area (Å²) in [6.45, 7) is 4.28. The summed E-state index contributed by atoms with van der Waals surface area (Å²) in [5, 5.41) is 0. The minimum absolute atomic E-state index is 0. The van der Waals surface area contributed by atoms with E-state index in [1.807, 2.05) is 0 Å². The number of hydrogen-bond donors (Lipinski definition) is 0. The Morgan fingerprint density at radius 2 is 1.32 bits per heavy atom. The van der Waals surface area contributed by atoms with Gasteiger partial charge in [0.05, 0.1) is 6.61 Å². The second-order valence-electron chi connectivity index (χ2n) is 5.62. The predicted molar refractivity (Wildman–Crippen MR) is 93.6 cm³/mol. The van der Waals surface area contributed by atoms with E-state index in [1.54, 1.807) is 0 Å². The number of hydrogen-bond acceptors (Lipinski definition) is 2. The van der Waals surface area contributed by atoms with Gasteiger partial charge in [-0.25, -0.2) is 0 Å². The largest absolute Gasteiger partial charge is 0.367 e. The molecule has 0 N–H and O–H groups in total. The fourth-order valence-corrected chi connectivity index (χ4v) is 2.95. The highest BCUT2D eigenvalue weighted by molar-refractivity contribution is 5.85. The van der Waals surface area contributed by atoms with Crippen LogP contribution in [0, 0.1) is 0 Å². The fourth-order valence-electron chi connectivity index (χ4n) is 2.95. The average molecular weight is 318 g/mol. The van der Waals surface area contributed by atoms with Crippen molar-refractivity contribution >= 4 is 12.4 Å². The van der Waals surface area contributed by atoms with Gasteiger partial charge in [0.25, 0.3) is 0 Å². The third kappa shape index (κ3) is 4.57. The van der Waals surface area contributed by atoms with E-state index in [-0.39, 0.29) is 18.5 Å². The fraction of sp³-hybridized carbons (Fsp3) is 0.368. The Bertz CT molecular complexity index is 486. The second-order valence-corrected chi connectivity index (χ2v) is 5.62. The summed E-state index contributed by atoms with van der Waals surface area (Å²) in [4.78, 5) is 2.49. The third-order valence-corrected chi connectivity index (χ3v) is 4.10. The van der Waals surface area contributed by atoms with Gasteiger partial charge in [0, 0.05) is 6.54 Å². The minimum atomic E-state index is 0. The van der Waals surface area contributed by atoms with Crippen LogP contribution in [0.5, 0.6) is 0 Å². The zero-order valence-corrected chi connectivity index (χ0v) is 13.7. The van der Waals surface area contributed by atoms with Crippen LogP contribution in [0.3, 0.4) is 0 Å². The van der Waals surface area contributed by atoms with Gasteiger partial charge in [-0.3, -0.25) is 0 Å². The molecule has 0 spiro atoms. The van der Waals surface area contributed by atoms with Crippen molar-refractivity contribution in [3.8, 4) is 0 Å². The van der Waals surface area contributed by atoms with Gasteiger partial charge in [0.1, 0.15) is 6.10 Å². The molecule has 2 aromatic carbocycles. The molecule has 1 heterocycles. The molecule has 3 heteroatoms. The van der Waals surface area contributed by atoms with Crippen LogP contribution in [0.4, 0.5) is 0 Å². The van der Waals surface area contributed by atoms with E-state index < -0.39 is 0 Å². The Balaban J connectivity index is 0.00000176. The summed E-state index contributed by atoms with van der Waals surface area (Å²) in [7, 11) is 0. The van der Waals surface area contributed by atoms with E-state index in [0.29, 0.717) is 0 Å². The zero-order valence-electron chi connectivity index (χ0n) is 12.9. The topological polar surface area (TPSA) is 12.5 Å². The van der Waals surface area contributed by atoms with Crippen molar-refractivity contribution in [3.05, 3.63) is 71.8 Å². The molecule has 0 unspecified atom stereocenters. The van der Waals surface area contributed by atoms with Gasteiger partial charge >= 0.3 is 0 Å². The molecule has 1 fully saturated rings. The predicted octanol–water partition coefficient (Wildman–Crippen LogP) is 4.31. The number of nitrogens with zero attached hydrogens (tertiary/aromatic N) is 1. The maximum Gasteiger partial charge on any atom is 0.108 e. The summed E-state index contributed by atoms with van der Waals surface area (Å²) < 4.78 is 6.23. The van der Waals surface area contributed by atoms with Crippen LogP contribution in [0.1, 0.15) is 30.1 Å². The highest BCUT2D eigenvalue weighted by Gasteiger charge is 2.16. The number of benzene rings is 2. The van der Waals surface area contributed by atoms with Crippen molar-refractivity contribution < 1.29 is 4.74 Å². The monoisotopic (exact) mass is 317 g/mol. The summed E-state index contributed by atoms with van der Waals surface area (Å²) in [6.07, 6.45) is 2.71. The van der Waals surface area contributed by atoms with Crippen molar-refractivity contribution in [3.63, 3.8) is 0 Å². The first-order valence-corrected chi connectivity index (χ1v) is 7.87. The molecular formula is C19H24ClNO. The second kappa shape index (κ2) is 8.94. The van der Waals surface area contributed by atoms with Crippen molar-refractivity contribution in [2.75, 3.05) is 26.2 Å². The maximum atomic E-state index is 6.23. The van der Waals surface area contributed by atoms with Gasteiger partial charge in [0.15, 0.2) is 0 Å². The van der Waals surface area contributed by atoms with Gasteiger partial charge in [0.2, 0.25) is 0 Å². The lowest BCUT2D eigenvalue weighted by molar-refractivity contribution is 0.0644. The molecule has 0 saturated carbocycles. The lowest BCUT2D eigenvalue weighted by Crippen LogP contribution is -2.25. The highest BCUT2D eigenvalue weighted by Crippen LogP contribution is 2.25. The molecule has 3 rings (SSSR count). The molecule has 2 aromatic rings. The van der Waals surface area contributed by atoms with Gasteiger partial charge in [-0.2, -0.15) is 0 Å². The van der Waals surface area contributed by atoms with Crippen molar-refractivity contribution in [2.24, 2.45) is 0 Å². The summed E-state index contributed by atoms with van der Waals surface area (Å²) in [5.41, 5.74) is 2.45. The van der Waals surface area contributed by atoms with Crippen LogP contribution in [0.25, 0.3) is 0 Å². The van der Waals surface area contributed by atoms with Gasteiger partial charge < -0.3 is 9.64 Å². The molecule has 1 aliphatic heterocycles. The Kier molecular flexibility index (Phi) is 6.91. The molecule has 0 aliphatic carbocycles. The first kappa shape index (κ1) is 17.0. The standard InChI is InChI=1S/C19H23NO.ClH/c1-3-9-17(10-4-1)19(18-11-5-2-6-12-18)21-16-15-20-13-7-8-14-20;/h1-6,9-12,19H,7-8,13-16H2;1H. The molecule has 118 valence electrons. The normalized spacial score (nSPS) is 15.0. The van der Waals surface area contributed by atoms with E-state index in [2.05, 4.69) is 65.6 Å². The van der Waals surface area contributed by atoms with Crippen molar-refractivity contribution in [1.82, 2.24) is 4.90 Å². The maximum absolute atomic E-state index is 6.23. The van der Waals surface area contributed by atoms with Crippen molar-refractivity contribution in [1.29, 1.82) is 0 Å². The Morgan fingerprint density at radius 3 is 1.82 bits per heavy atom. The minimum Gasteiger partial charge on any atom is -0.367 e. The molecular weight excluding hydrogens is 294 g/mol. The van der Waals surface area contributed by atoms with Gasteiger partial charge in [-0.05, 0) is 37.1 Å². The van der Waals surface area contributed by atoms with Crippen LogP contribution in [0.2, 0.25) is 0 Å². The van der Waals surface area contributed by atoms with E-state index in [9.17, 15) is 0 Å². The third-order valence-electron chi connectivity index (χ3n) is 4.10. The van der Waals surface area contributed by atoms with Crippen molar-refractivity contribution in [2.45, 2.75) is 18.9 Å². The molecule has 0 bridgehead atoms. The smallest absolute Gasteiger partial charge is 0.108 e. The number of ether oxygens (including phenoxy) is 1. The zero-order chi connectivity index (χ0) is 14.3. The molecule has 2 nitrogen and oxygen atoms in total. The SMILES string of the molecule is Cl.c1ccc(C(OCCN2CCCC2)c2ccccc2)cc1. The summed E-state index contributed by atoms with van der Waals surface area (Å²) in [5.74, 6) is 0. The van der Waals surface area contributed by atoms with Crippen LogP contribution in [-0.4, -0.2) is 31.1 Å². The molecule has 22 heavy (non-hydrogen) atoms. The van der Waals surface area contributed by atoms with Crippen LogP contribution < -0.4 is 0 Å². The molecule has 1 aliphatic rings. The van der Waals surface area contributed by atoms with E-state index in [1.165, 1.54) is 37.1 Å². The van der Waals surface area contributed by atoms with Gasteiger partial charge in [-0.15, -0.1) is 12.4 Å². The summed E-state index contributed by atoms with van der Waals surface area (Å²) >= 11 is 0. The van der Waals surface area contributed by atoms with Crippen LogP contribution >= 0.6 is 12.4 Å². The number of halogens is 1. The molecule has 0 amide bonds. The Hall–Kier alpha value is -1.35. The Morgan fingerprint density at radius 1 is 0.818 bits per heavy atom. The first-order chi connectivity index (χ1) is 10.4. The molecule has 0 aromatic heterocycles. The lowest BCUT2D eigenvalue weighted by Gasteiger charge is -2.21. The van der Waals surface area contributed by atoms with E-state index >= 15 is 0 Å². The average Bonchev–Trinajstić information content (AvgIpc) is 3.07. The van der Waals surface area contributed by atoms with E-state index in [0.717, 1.165) is 13.2 Å². The number of rotatable bonds is 6. The van der Waals surface area contributed by atoms with Crippen LogP contribution in [-0.2, 0) is 4.74 Å². The summed E-state index contributed by atoms with van der Waals surface area (Å²) in [6, 6.07) is 21.0. The lowest BCUT2D eigenvalue weighted by atomic mass is 10.0. The van der Waals surface area contributed by atoms with Gasteiger partial charge in [-0.1, -0.05) is 60.7 Å². The van der Waals surface area contributed by atoms with Crippen LogP contribution in [0.15, 0.2) is 60.7 Å². The highest BCUT2D eigenvalue weighted by atomic mass is 35.5. The molecule has 0 radical (unpaired) electrons.